The number of benzene rings is 2. The van der Waals surface area contributed by atoms with Crippen molar-refractivity contribution in [2.75, 3.05) is 64.4 Å². The van der Waals surface area contributed by atoms with Crippen molar-refractivity contribution in [2.45, 2.75) is 40.2 Å². The molecule has 0 aliphatic carbocycles. The van der Waals surface area contributed by atoms with Crippen molar-refractivity contribution in [3.63, 3.8) is 0 Å². The van der Waals surface area contributed by atoms with Gasteiger partial charge in [-0.25, -0.2) is 4.79 Å². The van der Waals surface area contributed by atoms with Gasteiger partial charge in [-0.05, 0) is 36.2 Å². The molecule has 1 saturated heterocycles. The summed E-state index contributed by atoms with van der Waals surface area (Å²) in [5.41, 5.74) is 2.81. The normalized spacial score (nSPS) is 12.9. The molecule has 2 aromatic rings. The van der Waals surface area contributed by atoms with Crippen molar-refractivity contribution in [1.82, 2.24) is 15.1 Å². The Bertz CT molecular complexity index is 1090. The van der Waals surface area contributed by atoms with Gasteiger partial charge in [0, 0.05) is 50.5 Å². The number of amides is 2. The predicted molar refractivity (Wildman–Crippen MR) is 159 cm³/mol. The monoisotopic (exact) mass is 568 g/mol. The summed E-state index contributed by atoms with van der Waals surface area (Å²) in [5.74, 6) is -1.46. The quantitative estimate of drug-likeness (QED) is 0.305. The number of anilines is 1. The Kier molecular flexibility index (Phi) is 15.0. The molecule has 10 heteroatoms. The van der Waals surface area contributed by atoms with Crippen molar-refractivity contribution in [3.8, 4) is 0 Å². The van der Waals surface area contributed by atoms with E-state index >= 15 is 0 Å². The summed E-state index contributed by atoms with van der Waals surface area (Å²) in [7, 11) is 1.19. The maximum Gasteiger partial charge on any atom is 0.407 e. The molecule has 10 nitrogen and oxygen atoms in total. The van der Waals surface area contributed by atoms with E-state index in [-0.39, 0.29) is 18.9 Å². The highest BCUT2D eigenvalue weighted by Gasteiger charge is 2.20. The lowest BCUT2D eigenvalue weighted by molar-refractivity contribution is -0.148. The van der Waals surface area contributed by atoms with E-state index in [0.29, 0.717) is 18.5 Å². The van der Waals surface area contributed by atoms with E-state index in [9.17, 15) is 19.2 Å². The van der Waals surface area contributed by atoms with Gasteiger partial charge in [0.15, 0.2) is 12.4 Å². The number of rotatable bonds is 12. The summed E-state index contributed by atoms with van der Waals surface area (Å²) in [6.07, 6.45) is 1.13. The van der Waals surface area contributed by atoms with E-state index in [1.165, 1.54) is 24.0 Å². The van der Waals surface area contributed by atoms with Crippen LogP contribution in [0.3, 0.4) is 0 Å². The Morgan fingerprint density at radius 3 is 2.12 bits per heavy atom. The van der Waals surface area contributed by atoms with Gasteiger partial charge in [-0.15, -0.1) is 0 Å². The number of carbonyl (C=O) groups is 4. The van der Waals surface area contributed by atoms with E-state index in [2.05, 4.69) is 58.0 Å². The van der Waals surface area contributed by atoms with Crippen molar-refractivity contribution < 1.29 is 28.7 Å². The molecule has 41 heavy (non-hydrogen) atoms. The van der Waals surface area contributed by atoms with Crippen LogP contribution in [-0.4, -0.2) is 93.1 Å². The van der Waals surface area contributed by atoms with E-state index in [1.807, 2.05) is 25.1 Å². The number of piperazine rings is 1. The van der Waals surface area contributed by atoms with E-state index in [4.69, 9.17) is 4.74 Å². The average Bonchev–Trinajstić information content (AvgIpc) is 2.99. The summed E-state index contributed by atoms with van der Waals surface area (Å²) in [6, 6.07) is 17.8. The third-order valence-electron chi connectivity index (χ3n) is 6.28. The summed E-state index contributed by atoms with van der Waals surface area (Å²) in [6.45, 7) is 10.1. The molecule has 1 aliphatic rings. The summed E-state index contributed by atoms with van der Waals surface area (Å²) in [5, 5.41) is 2.29. The number of esters is 1. The molecule has 0 unspecified atom stereocenters. The van der Waals surface area contributed by atoms with E-state index in [0.717, 1.165) is 38.4 Å². The zero-order valence-electron chi connectivity index (χ0n) is 24.8. The van der Waals surface area contributed by atoms with Crippen LogP contribution in [0.4, 0.5) is 10.5 Å². The Labute approximate surface area is 243 Å². The first-order chi connectivity index (χ1) is 19.8. The third-order valence-corrected chi connectivity index (χ3v) is 6.28. The van der Waals surface area contributed by atoms with Crippen molar-refractivity contribution in [1.29, 1.82) is 0 Å². The summed E-state index contributed by atoms with van der Waals surface area (Å²) >= 11 is 0. The van der Waals surface area contributed by atoms with Gasteiger partial charge in [-0.3, -0.25) is 19.3 Å². The number of methoxy groups -OCH3 is 1. The van der Waals surface area contributed by atoms with Gasteiger partial charge in [0.1, 0.15) is 13.1 Å². The Morgan fingerprint density at radius 1 is 0.902 bits per heavy atom. The number of Topliss-reactive ketones (excluding diaryl/α,β-unsaturated/α-hetero) is 1. The molecule has 1 fully saturated rings. The number of ether oxygens (including phenoxy) is 2. The number of nitrogens with one attached hydrogen (secondary N) is 1. The van der Waals surface area contributed by atoms with Crippen molar-refractivity contribution in [3.05, 3.63) is 65.7 Å². The van der Waals surface area contributed by atoms with Crippen LogP contribution >= 0.6 is 0 Å². The molecule has 2 amide bonds. The smallest absolute Gasteiger partial charge is 0.407 e. The molecule has 0 bridgehead atoms. The van der Waals surface area contributed by atoms with Gasteiger partial charge >= 0.3 is 12.1 Å². The van der Waals surface area contributed by atoms with Crippen LogP contribution in [0.2, 0.25) is 0 Å². The lowest BCUT2D eigenvalue weighted by Gasteiger charge is -2.36. The molecule has 0 saturated carbocycles. The molecule has 2 aromatic carbocycles. The van der Waals surface area contributed by atoms with E-state index in [1.54, 1.807) is 12.1 Å². The second-order valence-electron chi connectivity index (χ2n) is 9.75. The van der Waals surface area contributed by atoms with Crippen LogP contribution in [0, 0.1) is 0 Å². The highest BCUT2D eigenvalue weighted by molar-refractivity contribution is 5.98. The Morgan fingerprint density at radius 2 is 1.54 bits per heavy atom. The zero-order valence-corrected chi connectivity index (χ0v) is 24.8. The molecule has 0 atom stereocenters. The zero-order chi connectivity index (χ0) is 30.0. The van der Waals surface area contributed by atoms with Crippen LogP contribution < -0.4 is 10.2 Å². The molecular weight excluding hydrogens is 524 g/mol. The van der Waals surface area contributed by atoms with Crippen LogP contribution in [0.5, 0.6) is 0 Å². The number of nitrogens with zero attached hydrogens (tertiary/aromatic N) is 3. The Hall–Kier alpha value is -3.92. The first kappa shape index (κ1) is 33.3. The highest BCUT2D eigenvalue weighted by Crippen LogP contribution is 2.19. The minimum absolute atomic E-state index is 0.298. The lowest BCUT2D eigenvalue weighted by atomic mass is 10.1. The second kappa shape index (κ2) is 18.4. The maximum atomic E-state index is 12.6. The predicted octanol–water partition coefficient (Wildman–Crippen LogP) is 3.75. The fourth-order valence-corrected chi connectivity index (χ4v) is 4.19. The minimum atomic E-state index is -0.737. The topological polar surface area (TPSA) is 108 Å². The third kappa shape index (κ3) is 12.0. The van der Waals surface area contributed by atoms with Gasteiger partial charge in [0.05, 0.1) is 7.11 Å². The molecule has 0 aromatic heterocycles. The van der Waals surface area contributed by atoms with Crippen molar-refractivity contribution in [2.24, 2.45) is 0 Å². The van der Waals surface area contributed by atoms with Gasteiger partial charge < -0.3 is 24.6 Å². The van der Waals surface area contributed by atoms with Crippen LogP contribution in [-0.2, 0) is 25.6 Å². The lowest BCUT2D eigenvalue weighted by Crippen LogP contribution is -2.45. The average molecular weight is 569 g/mol. The van der Waals surface area contributed by atoms with E-state index < -0.39 is 24.6 Å². The van der Waals surface area contributed by atoms with Crippen LogP contribution in [0.15, 0.2) is 54.6 Å². The minimum Gasteiger partial charge on any atom is -0.456 e. The van der Waals surface area contributed by atoms with Gasteiger partial charge in [0.2, 0.25) is 5.91 Å². The molecule has 1 aliphatic heterocycles. The molecular formula is C31H44N4O6. The van der Waals surface area contributed by atoms with Gasteiger partial charge in [-0.1, -0.05) is 57.5 Å². The molecule has 224 valence electrons. The summed E-state index contributed by atoms with van der Waals surface area (Å²) < 4.78 is 9.57. The van der Waals surface area contributed by atoms with Crippen LogP contribution in [0.25, 0.3) is 0 Å². The summed E-state index contributed by atoms with van der Waals surface area (Å²) in [4.78, 5) is 54.3. The second-order valence-corrected chi connectivity index (χ2v) is 9.75. The molecule has 1 N–H and O–H groups in total. The maximum absolute atomic E-state index is 12.6. The highest BCUT2D eigenvalue weighted by atomic mass is 16.5. The van der Waals surface area contributed by atoms with Crippen LogP contribution in [0.1, 0.15) is 49.5 Å². The number of hydrogen-bond donors (Lipinski definition) is 1. The number of carbonyl (C=O) groups excluding carboxylic acids is 4. The fourth-order valence-electron chi connectivity index (χ4n) is 4.19. The molecule has 0 radical (unpaired) electrons. The fraction of sp³-hybridized carbons (Fsp3) is 0.484. The molecule has 3 rings (SSSR count). The Balaban J connectivity index is 0.00000187. The largest absolute Gasteiger partial charge is 0.456 e. The standard InChI is InChI=1S/C28H36N4O6.C3H8/c1-3-13-32(26(34)18-29-28(36)37-2)20-27(35)38-21-25(33)23-9-11-24(12-10-23)31-16-14-30(15-17-31)19-22-7-5-4-6-8-22;1-3-2/h4-12H,3,13-21H2,1-2H3,(H,29,36);3H2,1-2H3. The molecule has 1 heterocycles. The number of hydrogen-bond acceptors (Lipinski definition) is 8. The van der Waals surface area contributed by atoms with Crippen molar-refractivity contribution >= 4 is 29.4 Å². The van der Waals surface area contributed by atoms with Gasteiger partial charge in [0.25, 0.3) is 0 Å². The first-order valence-corrected chi connectivity index (χ1v) is 14.2. The number of alkyl carbamates (subject to hydrolysis) is 1. The first-order valence-electron chi connectivity index (χ1n) is 14.2. The molecule has 0 spiro atoms. The SMILES string of the molecule is CCC.CCCN(CC(=O)OCC(=O)c1ccc(N2CCN(Cc3ccccc3)CC2)cc1)C(=O)CNC(=O)OC. The number of ketones is 1. The van der Waals surface area contributed by atoms with Gasteiger partial charge in [-0.2, -0.15) is 0 Å².